The first-order valence-corrected chi connectivity index (χ1v) is 4.93. The highest BCUT2D eigenvalue weighted by Gasteiger charge is 1.87. The molecule has 1 aromatic rings. The number of carboxylic acid groups (broad SMARTS) is 2. The van der Waals surface area contributed by atoms with E-state index in [0.29, 0.717) is 6.42 Å². The smallest absolute Gasteiger partial charge is 0.303 e. The lowest BCUT2D eigenvalue weighted by atomic mass is 10.4. The normalized spacial score (nSPS) is 6.76. The molecule has 0 fully saturated rings. The van der Waals surface area contributed by atoms with Crippen LogP contribution < -0.4 is 0 Å². The molecule has 0 atom stereocenters. The quantitative estimate of drug-likeness (QED) is 0.690. The molecule has 3 N–H and O–H groups in total. The molecule has 0 aromatic heterocycles. The standard InChI is InChI=1S/C6H6.C4H8O2.CH2O2.CH4O/c1-2-4-6-5-3-1;1-2-3-4(5)6;2-1-3;1-2/h1-6H;2-3H2,1H3,(H,5,6);1H,(H,2,3);2H,1H3. The first-order chi connectivity index (χ1) is 8.18. The van der Waals surface area contributed by atoms with Crippen LogP contribution in [-0.4, -0.2) is 34.9 Å². The summed E-state index contributed by atoms with van der Waals surface area (Å²) in [5, 5.41) is 21.8. The van der Waals surface area contributed by atoms with E-state index in [1.54, 1.807) is 0 Å². The lowest BCUT2D eigenvalue weighted by Crippen LogP contribution is -1.90. The van der Waals surface area contributed by atoms with Crippen LogP contribution in [0.5, 0.6) is 0 Å². The minimum Gasteiger partial charge on any atom is -0.483 e. The van der Waals surface area contributed by atoms with Crippen molar-refractivity contribution in [3.05, 3.63) is 36.4 Å². The highest BCUT2D eigenvalue weighted by atomic mass is 16.4. The van der Waals surface area contributed by atoms with Crippen molar-refractivity contribution in [2.75, 3.05) is 7.11 Å². The molecule has 5 nitrogen and oxygen atoms in total. The van der Waals surface area contributed by atoms with Crippen molar-refractivity contribution >= 4 is 12.4 Å². The largest absolute Gasteiger partial charge is 0.483 e. The molecule has 1 aromatic carbocycles. The van der Waals surface area contributed by atoms with Crippen molar-refractivity contribution in [2.45, 2.75) is 19.8 Å². The summed E-state index contributed by atoms with van der Waals surface area (Å²) in [5.74, 6) is -0.711. The van der Waals surface area contributed by atoms with E-state index < -0.39 is 5.97 Å². The van der Waals surface area contributed by atoms with Gasteiger partial charge in [-0.05, 0) is 6.42 Å². The van der Waals surface area contributed by atoms with Crippen molar-refractivity contribution in [2.24, 2.45) is 0 Å². The van der Waals surface area contributed by atoms with Gasteiger partial charge in [-0.2, -0.15) is 0 Å². The maximum absolute atomic E-state index is 9.60. The van der Waals surface area contributed by atoms with E-state index in [1.807, 2.05) is 43.3 Å². The van der Waals surface area contributed by atoms with Gasteiger partial charge in [0.15, 0.2) is 0 Å². The Labute approximate surface area is 101 Å². The Morgan fingerprint density at radius 3 is 1.35 bits per heavy atom. The summed E-state index contributed by atoms with van der Waals surface area (Å²) in [6.07, 6.45) is 1.02. The van der Waals surface area contributed by atoms with E-state index in [9.17, 15) is 4.79 Å². The summed E-state index contributed by atoms with van der Waals surface area (Å²) in [6.45, 7) is 1.59. The van der Waals surface area contributed by atoms with Gasteiger partial charge >= 0.3 is 5.97 Å². The minimum absolute atomic E-state index is 0.250. The Morgan fingerprint density at radius 2 is 1.29 bits per heavy atom. The van der Waals surface area contributed by atoms with Gasteiger partial charge in [-0.25, -0.2) is 0 Å². The third-order valence-corrected chi connectivity index (χ3v) is 1.13. The predicted octanol–water partition coefficient (Wildman–Crippen LogP) is 1.87. The third-order valence-electron chi connectivity index (χ3n) is 1.13. The second kappa shape index (κ2) is 23.7. The van der Waals surface area contributed by atoms with Gasteiger partial charge in [-0.15, -0.1) is 0 Å². The van der Waals surface area contributed by atoms with Crippen molar-refractivity contribution in [3.8, 4) is 0 Å². The first kappa shape index (κ1) is 20.5. The van der Waals surface area contributed by atoms with E-state index in [1.165, 1.54) is 0 Å². The molecule has 0 saturated carbocycles. The average Bonchev–Trinajstić information content (AvgIpc) is 2.35. The summed E-state index contributed by atoms with van der Waals surface area (Å²) < 4.78 is 0. The van der Waals surface area contributed by atoms with Gasteiger partial charge in [-0.1, -0.05) is 43.3 Å². The Kier molecular flexibility index (Phi) is 28.6. The molecule has 0 unspecified atom stereocenters. The summed E-state index contributed by atoms with van der Waals surface area (Å²) in [7, 11) is 1.00. The van der Waals surface area contributed by atoms with Crippen LogP contribution in [0, 0.1) is 0 Å². The average molecular weight is 244 g/mol. The zero-order valence-corrected chi connectivity index (χ0v) is 10.1. The van der Waals surface area contributed by atoms with Crippen LogP contribution in [0.25, 0.3) is 0 Å². The number of benzene rings is 1. The van der Waals surface area contributed by atoms with E-state index >= 15 is 0 Å². The van der Waals surface area contributed by atoms with Crippen LogP contribution in [0.2, 0.25) is 0 Å². The fourth-order valence-electron chi connectivity index (χ4n) is 0.599. The molecule has 0 aliphatic heterocycles. The van der Waals surface area contributed by atoms with Gasteiger partial charge in [0.1, 0.15) is 0 Å². The van der Waals surface area contributed by atoms with Crippen LogP contribution in [0.1, 0.15) is 19.8 Å². The maximum atomic E-state index is 9.60. The van der Waals surface area contributed by atoms with Crippen molar-refractivity contribution in [3.63, 3.8) is 0 Å². The van der Waals surface area contributed by atoms with E-state index in [2.05, 4.69) is 0 Å². The Morgan fingerprint density at radius 1 is 1.06 bits per heavy atom. The molecule has 98 valence electrons. The Bertz CT molecular complexity index is 209. The number of carbonyl (C=O) groups is 2. The second-order valence-electron chi connectivity index (χ2n) is 2.40. The first-order valence-electron chi connectivity index (χ1n) is 4.93. The van der Waals surface area contributed by atoms with Crippen molar-refractivity contribution in [1.29, 1.82) is 0 Å². The van der Waals surface area contributed by atoms with Crippen LogP contribution in [-0.2, 0) is 9.59 Å². The van der Waals surface area contributed by atoms with Gasteiger partial charge in [0.25, 0.3) is 6.47 Å². The lowest BCUT2D eigenvalue weighted by Gasteiger charge is -1.79. The molecule has 5 heteroatoms. The van der Waals surface area contributed by atoms with Gasteiger partial charge in [0.05, 0.1) is 0 Å². The number of rotatable bonds is 2. The second-order valence-corrected chi connectivity index (χ2v) is 2.40. The highest BCUT2D eigenvalue weighted by molar-refractivity contribution is 5.66. The summed E-state index contributed by atoms with van der Waals surface area (Å²) in [5.41, 5.74) is 0. The minimum atomic E-state index is -0.711. The van der Waals surface area contributed by atoms with E-state index in [4.69, 9.17) is 20.1 Å². The van der Waals surface area contributed by atoms with Crippen molar-refractivity contribution < 1.29 is 24.9 Å². The summed E-state index contributed by atoms with van der Waals surface area (Å²) in [6, 6.07) is 12.0. The van der Waals surface area contributed by atoms with E-state index in [-0.39, 0.29) is 6.47 Å². The Hall–Kier alpha value is -1.88. The molecule has 0 aliphatic carbocycles. The lowest BCUT2D eigenvalue weighted by molar-refractivity contribution is -0.137. The SMILES string of the molecule is CCCC(=O)O.CO.O=CO.c1ccccc1. The molecule has 0 spiro atoms. The highest BCUT2D eigenvalue weighted by Crippen LogP contribution is 1.82. The molecule has 0 amide bonds. The molecule has 0 saturated heterocycles. The molecule has 0 heterocycles. The van der Waals surface area contributed by atoms with Crippen LogP contribution >= 0.6 is 0 Å². The number of hydrogen-bond donors (Lipinski definition) is 3. The van der Waals surface area contributed by atoms with Crippen LogP contribution in [0.4, 0.5) is 0 Å². The number of aliphatic carboxylic acids is 1. The molecule has 0 aliphatic rings. The number of hydrogen-bond acceptors (Lipinski definition) is 3. The number of aliphatic hydroxyl groups is 1. The zero-order valence-electron chi connectivity index (χ0n) is 10.1. The molecule has 17 heavy (non-hydrogen) atoms. The molecule has 1 rings (SSSR count). The van der Waals surface area contributed by atoms with Gasteiger partial charge in [0, 0.05) is 13.5 Å². The summed E-state index contributed by atoms with van der Waals surface area (Å²) >= 11 is 0. The van der Waals surface area contributed by atoms with Crippen molar-refractivity contribution in [1.82, 2.24) is 0 Å². The molecular formula is C12H20O5. The van der Waals surface area contributed by atoms with Gasteiger partial charge in [-0.3, -0.25) is 9.59 Å². The maximum Gasteiger partial charge on any atom is 0.303 e. The monoisotopic (exact) mass is 244 g/mol. The van der Waals surface area contributed by atoms with Gasteiger partial charge in [0.2, 0.25) is 0 Å². The predicted molar refractivity (Wildman–Crippen MR) is 65.8 cm³/mol. The molecule has 0 radical (unpaired) electrons. The van der Waals surface area contributed by atoms with E-state index in [0.717, 1.165) is 13.5 Å². The molecule has 0 bridgehead atoms. The Balaban J connectivity index is -0.000000169. The topological polar surface area (TPSA) is 94.8 Å². The number of carboxylic acids is 1. The summed E-state index contributed by atoms with van der Waals surface area (Å²) in [4.78, 5) is 18.0. The number of aliphatic hydroxyl groups excluding tert-OH is 1. The van der Waals surface area contributed by atoms with Crippen LogP contribution in [0.15, 0.2) is 36.4 Å². The molecular weight excluding hydrogens is 224 g/mol. The third kappa shape index (κ3) is 40.9. The van der Waals surface area contributed by atoms with Gasteiger partial charge < -0.3 is 15.3 Å². The van der Waals surface area contributed by atoms with Crippen LogP contribution in [0.3, 0.4) is 0 Å². The zero-order chi connectivity index (χ0) is 13.9. The fourth-order valence-corrected chi connectivity index (χ4v) is 0.599. The fraction of sp³-hybridized carbons (Fsp3) is 0.333.